The molecule has 24 heavy (non-hydrogen) atoms. The Bertz CT molecular complexity index is 877. The van der Waals surface area contributed by atoms with Gasteiger partial charge in [0.15, 0.2) is 5.78 Å². The van der Waals surface area contributed by atoms with Gasteiger partial charge in [0.05, 0.1) is 5.69 Å². The van der Waals surface area contributed by atoms with Gasteiger partial charge < -0.3 is 0 Å². The molecule has 2 aromatic carbocycles. The fourth-order valence-electron chi connectivity index (χ4n) is 2.67. The fraction of sp³-hybridized carbons (Fsp3) is 0.150. The number of aliphatic imine (C=N–C) groups is 1. The maximum atomic E-state index is 12.7. The average Bonchev–Trinajstić information content (AvgIpc) is 2.84. The standard InChI is InChI=1S/C20H18N2O2/c1-13-6-4-5-7-17(13)12-19-20(24)22(15(3)21-19)18-10-8-16(9-11-18)14(2)23/h4-12H,1-3H3/b19-12+. The number of carbonyl (C=O) groups is 2. The van der Waals surface area contributed by atoms with Gasteiger partial charge in [0.25, 0.3) is 5.91 Å². The van der Waals surface area contributed by atoms with Crippen molar-refractivity contribution in [2.75, 3.05) is 4.90 Å². The molecule has 0 radical (unpaired) electrons. The summed E-state index contributed by atoms with van der Waals surface area (Å²) in [6, 6.07) is 14.8. The van der Waals surface area contributed by atoms with E-state index >= 15 is 0 Å². The Balaban J connectivity index is 1.93. The quantitative estimate of drug-likeness (QED) is 0.634. The van der Waals surface area contributed by atoms with Crippen molar-refractivity contribution in [2.24, 2.45) is 4.99 Å². The van der Waals surface area contributed by atoms with Crippen LogP contribution in [-0.2, 0) is 4.79 Å². The number of ketones is 1. The summed E-state index contributed by atoms with van der Waals surface area (Å²) < 4.78 is 0. The number of amides is 1. The van der Waals surface area contributed by atoms with Gasteiger partial charge in [0, 0.05) is 5.56 Å². The summed E-state index contributed by atoms with van der Waals surface area (Å²) in [6.07, 6.45) is 1.81. The first kappa shape index (κ1) is 15.9. The Kier molecular flexibility index (Phi) is 4.13. The van der Waals surface area contributed by atoms with Crippen molar-refractivity contribution in [3.8, 4) is 0 Å². The molecule has 1 aliphatic heterocycles. The Labute approximate surface area is 141 Å². The zero-order valence-corrected chi connectivity index (χ0v) is 13.9. The van der Waals surface area contributed by atoms with Gasteiger partial charge in [0.1, 0.15) is 11.5 Å². The molecule has 0 bridgehead atoms. The van der Waals surface area contributed by atoms with Crippen LogP contribution in [0.25, 0.3) is 6.08 Å². The average molecular weight is 318 g/mol. The second kappa shape index (κ2) is 6.24. The molecule has 0 fully saturated rings. The van der Waals surface area contributed by atoms with E-state index in [0.717, 1.165) is 11.1 Å². The second-order valence-electron chi connectivity index (χ2n) is 5.79. The van der Waals surface area contributed by atoms with Crippen molar-refractivity contribution in [1.29, 1.82) is 0 Å². The van der Waals surface area contributed by atoms with Gasteiger partial charge in [-0.15, -0.1) is 0 Å². The predicted octanol–water partition coefficient (Wildman–Crippen LogP) is 4.00. The summed E-state index contributed by atoms with van der Waals surface area (Å²) in [5.41, 5.74) is 3.81. The first-order chi connectivity index (χ1) is 11.5. The molecular weight excluding hydrogens is 300 g/mol. The van der Waals surface area contributed by atoms with Gasteiger partial charge in [-0.25, -0.2) is 4.99 Å². The van der Waals surface area contributed by atoms with Crippen molar-refractivity contribution in [3.05, 3.63) is 70.9 Å². The van der Waals surface area contributed by atoms with Crippen molar-refractivity contribution < 1.29 is 9.59 Å². The van der Waals surface area contributed by atoms with Crippen LogP contribution in [0, 0.1) is 6.92 Å². The Morgan fingerprint density at radius 1 is 1.04 bits per heavy atom. The van der Waals surface area contributed by atoms with Crippen LogP contribution in [0.5, 0.6) is 0 Å². The van der Waals surface area contributed by atoms with Gasteiger partial charge in [-0.3, -0.25) is 14.5 Å². The molecular formula is C20H18N2O2. The third-order valence-corrected chi connectivity index (χ3v) is 4.04. The van der Waals surface area contributed by atoms with Crippen LogP contribution in [0.1, 0.15) is 35.3 Å². The number of Topliss-reactive ketones (excluding diaryl/α,β-unsaturated/α-hetero) is 1. The lowest BCUT2D eigenvalue weighted by Crippen LogP contribution is -2.30. The molecule has 0 N–H and O–H groups in total. The lowest BCUT2D eigenvalue weighted by molar-refractivity contribution is -0.113. The number of amidine groups is 1. The van der Waals surface area contributed by atoms with E-state index in [9.17, 15) is 9.59 Å². The van der Waals surface area contributed by atoms with Crippen LogP contribution in [0.2, 0.25) is 0 Å². The molecule has 1 aliphatic rings. The summed E-state index contributed by atoms with van der Waals surface area (Å²) in [7, 11) is 0. The van der Waals surface area contributed by atoms with Crippen molar-refractivity contribution in [1.82, 2.24) is 0 Å². The molecule has 3 rings (SSSR count). The number of nitrogens with zero attached hydrogens (tertiary/aromatic N) is 2. The summed E-state index contributed by atoms with van der Waals surface area (Å²) in [6.45, 7) is 5.32. The van der Waals surface area contributed by atoms with E-state index in [0.29, 0.717) is 22.8 Å². The Hall–Kier alpha value is -3.01. The van der Waals surface area contributed by atoms with Crippen LogP contribution < -0.4 is 4.90 Å². The van der Waals surface area contributed by atoms with Gasteiger partial charge >= 0.3 is 0 Å². The third kappa shape index (κ3) is 2.91. The lowest BCUT2D eigenvalue weighted by atomic mass is 10.1. The predicted molar refractivity (Wildman–Crippen MR) is 96.2 cm³/mol. The van der Waals surface area contributed by atoms with E-state index in [2.05, 4.69) is 4.99 Å². The topological polar surface area (TPSA) is 49.7 Å². The number of carbonyl (C=O) groups excluding carboxylic acids is 2. The largest absolute Gasteiger partial charge is 0.295 e. The number of hydrogen-bond acceptors (Lipinski definition) is 3. The molecule has 4 heteroatoms. The summed E-state index contributed by atoms with van der Waals surface area (Å²) in [4.78, 5) is 30.1. The number of hydrogen-bond donors (Lipinski definition) is 0. The summed E-state index contributed by atoms with van der Waals surface area (Å²) in [5, 5.41) is 0. The molecule has 1 amide bonds. The Morgan fingerprint density at radius 3 is 2.33 bits per heavy atom. The van der Waals surface area contributed by atoms with Gasteiger partial charge in [-0.05, 0) is 62.2 Å². The van der Waals surface area contributed by atoms with Crippen molar-refractivity contribution in [2.45, 2.75) is 20.8 Å². The molecule has 0 unspecified atom stereocenters. The molecule has 1 heterocycles. The van der Waals surface area contributed by atoms with Crippen LogP contribution >= 0.6 is 0 Å². The second-order valence-corrected chi connectivity index (χ2v) is 5.79. The molecule has 0 aliphatic carbocycles. The van der Waals surface area contributed by atoms with E-state index in [4.69, 9.17) is 0 Å². The SMILES string of the molecule is CC(=O)c1ccc(N2C(=O)/C(=C\c3ccccc3C)N=C2C)cc1. The maximum absolute atomic E-state index is 12.7. The van der Waals surface area contributed by atoms with Crippen LogP contribution in [0.3, 0.4) is 0 Å². The fourth-order valence-corrected chi connectivity index (χ4v) is 2.67. The molecule has 0 saturated heterocycles. The molecule has 0 spiro atoms. The van der Waals surface area contributed by atoms with E-state index < -0.39 is 0 Å². The van der Waals surface area contributed by atoms with Gasteiger partial charge in [0.2, 0.25) is 0 Å². The van der Waals surface area contributed by atoms with E-state index in [1.165, 1.54) is 6.92 Å². The highest BCUT2D eigenvalue weighted by Crippen LogP contribution is 2.26. The van der Waals surface area contributed by atoms with Crippen LogP contribution in [-0.4, -0.2) is 17.5 Å². The van der Waals surface area contributed by atoms with Gasteiger partial charge in [-0.1, -0.05) is 24.3 Å². The number of aryl methyl sites for hydroxylation is 1. The first-order valence-electron chi connectivity index (χ1n) is 7.75. The molecule has 4 nitrogen and oxygen atoms in total. The first-order valence-corrected chi connectivity index (χ1v) is 7.75. The van der Waals surface area contributed by atoms with Crippen molar-refractivity contribution in [3.63, 3.8) is 0 Å². The van der Waals surface area contributed by atoms with Crippen molar-refractivity contribution >= 4 is 29.3 Å². The minimum Gasteiger partial charge on any atom is -0.295 e. The minimum absolute atomic E-state index is 0.000162. The van der Waals surface area contributed by atoms with Gasteiger partial charge in [-0.2, -0.15) is 0 Å². The van der Waals surface area contributed by atoms with Crippen LogP contribution in [0.15, 0.2) is 59.2 Å². The molecule has 120 valence electrons. The minimum atomic E-state index is -0.161. The number of anilines is 1. The normalized spacial score (nSPS) is 15.8. The summed E-state index contributed by atoms with van der Waals surface area (Å²) in [5.74, 6) is 0.460. The number of benzene rings is 2. The molecule has 0 atom stereocenters. The molecule has 0 saturated carbocycles. The smallest absolute Gasteiger partial charge is 0.282 e. The Morgan fingerprint density at radius 2 is 1.71 bits per heavy atom. The van der Waals surface area contributed by atoms with E-state index in [1.807, 2.05) is 37.3 Å². The third-order valence-electron chi connectivity index (χ3n) is 4.04. The highest BCUT2D eigenvalue weighted by Gasteiger charge is 2.28. The monoisotopic (exact) mass is 318 g/mol. The van der Waals surface area contributed by atoms with Crippen LogP contribution in [0.4, 0.5) is 5.69 Å². The van der Waals surface area contributed by atoms with E-state index in [1.54, 1.807) is 36.1 Å². The van der Waals surface area contributed by atoms with E-state index in [-0.39, 0.29) is 11.7 Å². The maximum Gasteiger partial charge on any atom is 0.282 e. The zero-order valence-electron chi connectivity index (χ0n) is 13.9. The number of rotatable bonds is 3. The highest BCUT2D eigenvalue weighted by molar-refractivity contribution is 6.28. The summed E-state index contributed by atoms with van der Waals surface area (Å²) >= 11 is 0. The lowest BCUT2D eigenvalue weighted by Gasteiger charge is -2.16. The molecule has 2 aromatic rings. The molecule has 0 aromatic heterocycles. The zero-order chi connectivity index (χ0) is 17.3. The highest BCUT2D eigenvalue weighted by atomic mass is 16.2.